The molecule has 0 fully saturated rings. The molecule has 0 aliphatic rings. The Morgan fingerprint density at radius 3 is 1.53 bits per heavy atom. The van der Waals surface area contributed by atoms with E-state index in [1.54, 1.807) is 0 Å². The third-order valence-electron chi connectivity index (χ3n) is 11.4. The molecular weight excluding hydrogens is 669 g/mol. The maximum Gasteiger partial charge on any atom is 0.136 e. The van der Waals surface area contributed by atoms with Gasteiger partial charge in [0.1, 0.15) is 11.2 Å². The first-order valence-corrected chi connectivity index (χ1v) is 18.7. The van der Waals surface area contributed by atoms with Crippen LogP contribution < -0.4 is 0 Å². The fourth-order valence-corrected chi connectivity index (χ4v) is 8.99. The number of rotatable bonds is 3. The Hall–Kier alpha value is -7.36. The number of hydrogen-bond donors (Lipinski definition) is 0. The van der Waals surface area contributed by atoms with E-state index in [9.17, 15) is 0 Å². The zero-order chi connectivity index (χ0) is 36.0. The Kier molecular flexibility index (Phi) is 6.34. The molecule has 3 heteroatoms. The zero-order valence-electron chi connectivity index (χ0n) is 29.6. The van der Waals surface area contributed by atoms with Gasteiger partial charge in [0.05, 0.1) is 22.4 Å². The Bertz CT molecular complexity index is 3490. The van der Waals surface area contributed by atoms with E-state index >= 15 is 0 Å². The molecule has 0 atom stereocenters. The molecule has 0 aliphatic heterocycles. The summed E-state index contributed by atoms with van der Waals surface area (Å²) in [5, 5.41) is 14.0. The van der Waals surface area contributed by atoms with Gasteiger partial charge in [0.25, 0.3) is 0 Å². The number of benzene rings is 9. The van der Waals surface area contributed by atoms with Crippen molar-refractivity contribution in [2.45, 2.75) is 0 Å². The van der Waals surface area contributed by atoms with Gasteiger partial charge in [-0.25, -0.2) is 9.97 Å². The van der Waals surface area contributed by atoms with E-state index in [4.69, 9.17) is 14.4 Å². The van der Waals surface area contributed by atoms with Gasteiger partial charge in [-0.05, 0) is 79.2 Å². The summed E-state index contributed by atoms with van der Waals surface area (Å²) in [4.78, 5) is 10.7. The van der Waals surface area contributed by atoms with Gasteiger partial charge in [-0.2, -0.15) is 0 Å². The highest BCUT2D eigenvalue weighted by molar-refractivity contribution is 6.31. The van der Waals surface area contributed by atoms with E-state index in [0.29, 0.717) is 0 Å². The van der Waals surface area contributed by atoms with Crippen molar-refractivity contribution in [3.8, 4) is 33.6 Å². The lowest BCUT2D eigenvalue weighted by Crippen LogP contribution is -1.95. The lowest BCUT2D eigenvalue weighted by Gasteiger charge is -2.19. The van der Waals surface area contributed by atoms with E-state index in [2.05, 4.69) is 170 Å². The fourth-order valence-electron chi connectivity index (χ4n) is 8.99. The molecule has 254 valence electrons. The van der Waals surface area contributed by atoms with Crippen LogP contribution in [0.1, 0.15) is 0 Å². The van der Waals surface area contributed by atoms with E-state index in [0.717, 1.165) is 60.9 Å². The summed E-state index contributed by atoms with van der Waals surface area (Å²) in [5.74, 6) is 0. The summed E-state index contributed by atoms with van der Waals surface area (Å²) in [6.45, 7) is 0. The van der Waals surface area contributed by atoms with Crippen molar-refractivity contribution in [1.82, 2.24) is 9.97 Å². The zero-order valence-corrected chi connectivity index (χ0v) is 29.6. The highest BCUT2D eigenvalue weighted by Crippen LogP contribution is 2.48. The van der Waals surface area contributed by atoms with Crippen LogP contribution in [0.3, 0.4) is 0 Å². The van der Waals surface area contributed by atoms with E-state index in [1.165, 1.54) is 59.6 Å². The Morgan fingerprint density at radius 1 is 0.327 bits per heavy atom. The average molecular weight is 699 g/mol. The molecule has 0 saturated carbocycles. The topological polar surface area (TPSA) is 38.9 Å². The number of furan rings is 1. The molecule has 9 aromatic carbocycles. The van der Waals surface area contributed by atoms with Crippen LogP contribution >= 0.6 is 0 Å². The van der Waals surface area contributed by atoms with Crippen LogP contribution in [0, 0.1) is 0 Å². The predicted octanol–water partition coefficient (Wildman–Crippen LogP) is 14.3. The summed E-state index contributed by atoms with van der Waals surface area (Å²) in [5.41, 5.74) is 10.2. The SMILES string of the molecule is c1ccc(-c2ccc3ccc4ccc(-c5c6ccccc6c(-c6cc7ccc8oc9ccccc9c8c7c7ccccc67)c6ccccc56)nc4c3n2)cc1. The Balaban J connectivity index is 1.16. The molecule has 0 amide bonds. The second-order valence-corrected chi connectivity index (χ2v) is 14.4. The van der Waals surface area contributed by atoms with Crippen LogP contribution in [-0.4, -0.2) is 9.97 Å². The van der Waals surface area contributed by atoms with Crippen molar-refractivity contribution in [1.29, 1.82) is 0 Å². The minimum absolute atomic E-state index is 0.906. The van der Waals surface area contributed by atoms with E-state index in [1.807, 2.05) is 12.1 Å². The molecule has 0 spiro atoms. The molecule has 0 N–H and O–H groups in total. The minimum Gasteiger partial charge on any atom is -0.456 e. The number of para-hydroxylation sites is 1. The van der Waals surface area contributed by atoms with Crippen molar-refractivity contribution in [3.63, 3.8) is 0 Å². The minimum atomic E-state index is 0.906. The monoisotopic (exact) mass is 698 g/mol. The van der Waals surface area contributed by atoms with Gasteiger partial charge in [0.15, 0.2) is 0 Å². The van der Waals surface area contributed by atoms with Crippen molar-refractivity contribution < 1.29 is 4.42 Å². The van der Waals surface area contributed by atoms with Crippen molar-refractivity contribution in [2.75, 3.05) is 0 Å². The molecule has 3 aromatic heterocycles. The maximum atomic E-state index is 6.36. The van der Waals surface area contributed by atoms with Crippen LogP contribution in [0.15, 0.2) is 186 Å². The number of hydrogen-bond acceptors (Lipinski definition) is 3. The van der Waals surface area contributed by atoms with Gasteiger partial charge in [0, 0.05) is 38.1 Å². The molecule has 0 radical (unpaired) electrons. The first kappa shape index (κ1) is 30.1. The van der Waals surface area contributed by atoms with Crippen LogP contribution in [0.4, 0.5) is 0 Å². The first-order chi connectivity index (χ1) is 27.3. The Labute approximate surface area is 315 Å². The summed E-state index contributed by atoms with van der Waals surface area (Å²) < 4.78 is 6.36. The molecule has 12 rings (SSSR count). The summed E-state index contributed by atoms with van der Waals surface area (Å²) in [7, 11) is 0. The molecule has 0 aliphatic carbocycles. The van der Waals surface area contributed by atoms with Crippen LogP contribution in [0.5, 0.6) is 0 Å². The maximum absolute atomic E-state index is 6.36. The highest BCUT2D eigenvalue weighted by atomic mass is 16.3. The first-order valence-electron chi connectivity index (χ1n) is 18.7. The molecule has 55 heavy (non-hydrogen) atoms. The van der Waals surface area contributed by atoms with E-state index in [-0.39, 0.29) is 0 Å². The number of aromatic nitrogens is 2. The van der Waals surface area contributed by atoms with Crippen molar-refractivity contribution in [2.24, 2.45) is 0 Å². The largest absolute Gasteiger partial charge is 0.456 e. The van der Waals surface area contributed by atoms with Gasteiger partial charge >= 0.3 is 0 Å². The van der Waals surface area contributed by atoms with Gasteiger partial charge in [-0.1, -0.05) is 152 Å². The molecule has 3 nitrogen and oxygen atoms in total. The van der Waals surface area contributed by atoms with Gasteiger partial charge in [-0.3, -0.25) is 0 Å². The summed E-state index contributed by atoms with van der Waals surface area (Å²) in [6, 6.07) is 64.9. The van der Waals surface area contributed by atoms with E-state index < -0.39 is 0 Å². The molecular formula is C52H30N2O. The Morgan fingerprint density at radius 2 is 0.836 bits per heavy atom. The van der Waals surface area contributed by atoms with Crippen molar-refractivity contribution >= 4 is 86.8 Å². The third kappa shape index (κ3) is 4.44. The molecule has 12 aromatic rings. The summed E-state index contributed by atoms with van der Waals surface area (Å²) in [6.07, 6.45) is 0. The second-order valence-electron chi connectivity index (χ2n) is 14.4. The van der Waals surface area contributed by atoms with Gasteiger partial charge in [0.2, 0.25) is 0 Å². The molecule has 0 unspecified atom stereocenters. The molecule has 3 heterocycles. The quantitative estimate of drug-likeness (QED) is 0.136. The normalized spacial score (nSPS) is 12.0. The smallest absolute Gasteiger partial charge is 0.136 e. The highest BCUT2D eigenvalue weighted by Gasteiger charge is 2.21. The van der Waals surface area contributed by atoms with Crippen LogP contribution in [0.25, 0.3) is 120 Å². The average Bonchev–Trinajstić information content (AvgIpc) is 3.64. The lowest BCUT2D eigenvalue weighted by molar-refractivity contribution is 0.669. The summed E-state index contributed by atoms with van der Waals surface area (Å²) >= 11 is 0. The third-order valence-corrected chi connectivity index (χ3v) is 11.4. The van der Waals surface area contributed by atoms with Crippen molar-refractivity contribution in [3.05, 3.63) is 182 Å². The number of nitrogens with zero attached hydrogens (tertiary/aromatic N) is 2. The standard InChI is InChI=1S/C52H30N2O/c1-2-12-31(13-3-1)43-27-24-32-22-23-33-25-28-44(54-52(33)51(32)53-43)49-39-18-8-6-16-37(39)48(38-17-7-9-19-40(38)49)42-30-34-26-29-46-50(41-20-10-11-21-45(41)55-46)47(34)36-15-5-4-14-35(36)42/h1-30H. The second kappa shape index (κ2) is 11.6. The predicted molar refractivity (Wildman–Crippen MR) is 231 cm³/mol. The fraction of sp³-hybridized carbons (Fsp3) is 0. The van der Waals surface area contributed by atoms with Gasteiger partial charge in [-0.15, -0.1) is 0 Å². The van der Waals surface area contributed by atoms with Crippen LogP contribution in [-0.2, 0) is 0 Å². The van der Waals surface area contributed by atoms with Gasteiger partial charge < -0.3 is 4.42 Å². The number of fused-ring (bicyclic) bond motifs is 12. The lowest BCUT2D eigenvalue weighted by atomic mass is 9.84. The number of pyridine rings is 2. The molecule has 0 bridgehead atoms. The molecule has 0 saturated heterocycles. The van der Waals surface area contributed by atoms with Crippen LogP contribution in [0.2, 0.25) is 0 Å².